The quantitative estimate of drug-likeness (QED) is 0.871. The zero-order valence-corrected chi connectivity index (χ0v) is 15.4. The van der Waals surface area contributed by atoms with Crippen molar-refractivity contribution >= 4 is 38.9 Å². The van der Waals surface area contributed by atoms with Gasteiger partial charge in [-0.3, -0.25) is 4.79 Å². The second-order valence-electron chi connectivity index (χ2n) is 5.88. The topological polar surface area (TPSA) is 66.5 Å². The Morgan fingerprint density at radius 1 is 1.26 bits per heavy atom. The highest BCUT2D eigenvalue weighted by Crippen LogP contribution is 2.32. The summed E-state index contributed by atoms with van der Waals surface area (Å²) >= 11 is 12.3. The molecule has 8 heteroatoms. The molecule has 0 unspecified atom stereocenters. The number of sulfone groups is 1. The zero-order chi connectivity index (χ0) is 17.3. The minimum atomic E-state index is -3.54. The first-order valence-corrected chi connectivity index (χ1v) is 9.92. The summed E-state index contributed by atoms with van der Waals surface area (Å²) in [6.45, 7) is 1.17. The van der Waals surface area contributed by atoms with Gasteiger partial charge in [0, 0.05) is 35.5 Å². The maximum Gasteiger partial charge on any atom is 0.244 e. The van der Waals surface area contributed by atoms with Crippen LogP contribution in [-0.4, -0.2) is 50.4 Å². The van der Waals surface area contributed by atoms with Crippen LogP contribution in [0.5, 0.6) is 0 Å². The number of halogens is 2. The van der Waals surface area contributed by atoms with E-state index in [0.717, 1.165) is 6.26 Å². The normalized spacial score (nSPS) is 17.7. The van der Waals surface area contributed by atoms with Crippen LogP contribution in [0.15, 0.2) is 18.2 Å². The predicted octanol–water partition coefficient (Wildman–Crippen LogP) is 2.12. The number of carbonyl (C=O) groups excluding carboxylic acids is 1. The molecule has 2 rings (SSSR count). The van der Waals surface area contributed by atoms with E-state index in [1.165, 1.54) is 4.90 Å². The summed E-state index contributed by atoms with van der Waals surface area (Å²) in [5.74, 6) is -0.405. The molecule has 5 nitrogen and oxygen atoms in total. The van der Waals surface area contributed by atoms with Crippen LogP contribution in [0.2, 0.25) is 10.0 Å². The number of nitrogens with zero attached hydrogens (tertiary/aromatic N) is 1. The molecule has 1 aliphatic heterocycles. The molecule has 0 saturated carbocycles. The molecule has 23 heavy (non-hydrogen) atoms. The van der Waals surface area contributed by atoms with Gasteiger partial charge in [-0.15, -0.1) is 0 Å². The van der Waals surface area contributed by atoms with Gasteiger partial charge in [-0.25, -0.2) is 8.42 Å². The maximum absolute atomic E-state index is 12.9. The van der Waals surface area contributed by atoms with E-state index in [2.05, 4.69) is 5.32 Å². The second-order valence-corrected chi connectivity index (χ2v) is 9.02. The summed E-state index contributed by atoms with van der Waals surface area (Å²) in [4.78, 5) is 14.3. The van der Waals surface area contributed by atoms with Gasteiger partial charge in [-0.1, -0.05) is 29.3 Å². The Morgan fingerprint density at radius 2 is 1.78 bits per heavy atom. The van der Waals surface area contributed by atoms with Gasteiger partial charge in [0.2, 0.25) is 5.91 Å². The molecule has 1 heterocycles. The van der Waals surface area contributed by atoms with E-state index in [4.69, 9.17) is 23.2 Å². The number of piperidine rings is 1. The summed E-state index contributed by atoms with van der Waals surface area (Å²) in [6.07, 6.45) is 1.67. The minimum Gasteiger partial charge on any atom is -0.340 e. The number of hydrogen-bond donors (Lipinski definition) is 1. The summed E-state index contributed by atoms with van der Waals surface area (Å²) in [6, 6.07) is 5.11. The van der Waals surface area contributed by atoms with E-state index >= 15 is 0 Å². The van der Waals surface area contributed by atoms with Crippen molar-refractivity contribution in [3.8, 4) is 0 Å². The number of amides is 1. The molecule has 1 fully saturated rings. The summed E-state index contributed by atoms with van der Waals surface area (Å²) in [5.41, 5.74) is 0.615. The fourth-order valence-corrected chi connectivity index (χ4v) is 4.85. The fourth-order valence-electron chi connectivity index (χ4n) is 2.91. The van der Waals surface area contributed by atoms with Crippen molar-refractivity contribution in [2.45, 2.75) is 24.1 Å². The first-order valence-electron chi connectivity index (χ1n) is 7.28. The smallest absolute Gasteiger partial charge is 0.244 e. The summed E-state index contributed by atoms with van der Waals surface area (Å²) < 4.78 is 23.3. The monoisotopic (exact) mass is 378 g/mol. The van der Waals surface area contributed by atoms with E-state index in [1.54, 1.807) is 25.2 Å². The van der Waals surface area contributed by atoms with Crippen LogP contribution in [-0.2, 0) is 21.2 Å². The lowest BCUT2D eigenvalue weighted by Crippen LogP contribution is -2.57. The Hall–Kier alpha value is -0.820. The van der Waals surface area contributed by atoms with Gasteiger partial charge in [0.1, 0.15) is 0 Å². The fraction of sp³-hybridized carbons (Fsp3) is 0.533. The standard InChI is InChI=1S/C15H20Cl2N2O3S/c1-19(10-11-12(16)4-3-5-13(11)17)14(20)15(23(2,21)22)6-8-18-9-7-15/h3-5,18H,6-10H2,1-2H3. The van der Waals surface area contributed by atoms with Gasteiger partial charge in [0.05, 0.1) is 0 Å². The van der Waals surface area contributed by atoms with Crippen molar-refractivity contribution < 1.29 is 13.2 Å². The zero-order valence-electron chi connectivity index (χ0n) is 13.1. The third kappa shape index (κ3) is 3.65. The lowest BCUT2D eigenvalue weighted by Gasteiger charge is -2.37. The van der Waals surface area contributed by atoms with Crippen molar-refractivity contribution in [2.75, 3.05) is 26.4 Å². The van der Waals surface area contributed by atoms with E-state index in [9.17, 15) is 13.2 Å². The minimum absolute atomic E-state index is 0.169. The van der Waals surface area contributed by atoms with E-state index < -0.39 is 20.5 Å². The van der Waals surface area contributed by atoms with Gasteiger partial charge >= 0.3 is 0 Å². The van der Waals surface area contributed by atoms with Crippen molar-refractivity contribution in [3.63, 3.8) is 0 Å². The van der Waals surface area contributed by atoms with Gasteiger partial charge in [-0.2, -0.15) is 0 Å². The van der Waals surface area contributed by atoms with Crippen molar-refractivity contribution in [1.82, 2.24) is 10.2 Å². The average Bonchev–Trinajstić information content (AvgIpc) is 2.49. The Labute approximate surface area is 146 Å². The molecular formula is C15H20Cl2N2O3S. The third-order valence-corrected chi connectivity index (χ3v) is 7.03. The van der Waals surface area contributed by atoms with Gasteiger partial charge in [0.15, 0.2) is 14.6 Å². The molecule has 0 spiro atoms. The molecule has 1 amide bonds. The second kappa shape index (κ2) is 6.97. The van der Waals surface area contributed by atoms with Crippen LogP contribution >= 0.6 is 23.2 Å². The summed E-state index contributed by atoms with van der Waals surface area (Å²) in [7, 11) is -1.96. The number of rotatable bonds is 4. The van der Waals surface area contributed by atoms with Crippen LogP contribution in [0.3, 0.4) is 0 Å². The molecule has 1 aliphatic rings. The number of carbonyl (C=O) groups is 1. The van der Waals surface area contributed by atoms with Gasteiger partial charge in [-0.05, 0) is 38.1 Å². The predicted molar refractivity (Wildman–Crippen MR) is 92.6 cm³/mol. The molecule has 128 valence electrons. The van der Waals surface area contributed by atoms with Crippen LogP contribution in [0.25, 0.3) is 0 Å². The molecule has 1 aromatic rings. The highest BCUT2D eigenvalue weighted by atomic mass is 35.5. The molecule has 1 N–H and O–H groups in total. The first kappa shape index (κ1) is 18.5. The highest BCUT2D eigenvalue weighted by molar-refractivity contribution is 7.92. The van der Waals surface area contributed by atoms with Gasteiger partial charge in [0.25, 0.3) is 0 Å². The van der Waals surface area contributed by atoms with E-state index in [-0.39, 0.29) is 19.4 Å². The third-order valence-electron chi connectivity index (χ3n) is 4.31. The molecular weight excluding hydrogens is 359 g/mol. The first-order chi connectivity index (χ1) is 10.7. The van der Waals surface area contributed by atoms with Crippen molar-refractivity contribution in [2.24, 2.45) is 0 Å². The highest BCUT2D eigenvalue weighted by Gasteiger charge is 2.49. The Morgan fingerprint density at radius 3 is 2.26 bits per heavy atom. The Kier molecular flexibility index (Phi) is 5.61. The lowest BCUT2D eigenvalue weighted by atomic mass is 9.95. The lowest BCUT2D eigenvalue weighted by molar-refractivity contribution is -0.134. The number of nitrogens with one attached hydrogen (secondary N) is 1. The Bertz CT molecular complexity index is 680. The number of benzene rings is 1. The molecule has 0 radical (unpaired) electrons. The maximum atomic E-state index is 12.9. The summed E-state index contributed by atoms with van der Waals surface area (Å²) in [5, 5.41) is 4.00. The molecule has 1 aromatic carbocycles. The molecule has 0 aromatic heterocycles. The largest absolute Gasteiger partial charge is 0.340 e. The van der Waals surface area contributed by atoms with Crippen molar-refractivity contribution in [3.05, 3.63) is 33.8 Å². The average molecular weight is 379 g/mol. The molecule has 0 aliphatic carbocycles. The van der Waals surface area contributed by atoms with Crippen LogP contribution in [0.4, 0.5) is 0 Å². The SMILES string of the molecule is CN(Cc1c(Cl)cccc1Cl)C(=O)C1(S(C)(=O)=O)CCNCC1. The van der Waals surface area contributed by atoms with E-state index in [0.29, 0.717) is 28.7 Å². The van der Waals surface area contributed by atoms with Crippen LogP contribution in [0.1, 0.15) is 18.4 Å². The molecule has 0 bridgehead atoms. The van der Waals surface area contributed by atoms with Crippen LogP contribution < -0.4 is 5.32 Å². The van der Waals surface area contributed by atoms with Gasteiger partial charge < -0.3 is 10.2 Å². The molecule has 1 saturated heterocycles. The number of hydrogen-bond acceptors (Lipinski definition) is 4. The van der Waals surface area contributed by atoms with Crippen LogP contribution in [0, 0.1) is 0 Å². The molecule has 0 atom stereocenters. The van der Waals surface area contributed by atoms with E-state index in [1.807, 2.05) is 0 Å². The van der Waals surface area contributed by atoms with Crippen molar-refractivity contribution in [1.29, 1.82) is 0 Å². The Balaban J connectivity index is 2.30.